The average molecular weight is 425 g/mol. The first-order valence-electron chi connectivity index (χ1n) is 10.8. The topological polar surface area (TPSA) is 53.4 Å². The van der Waals surface area contributed by atoms with E-state index in [2.05, 4.69) is 53.6 Å². The fourth-order valence-electron chi connectivity index (χ4n) is 4.11. The second kappa shape index (κ2) is 8.35. The summed E-state index contributed by atoms with van der Waals surface area (Å²) >= 11 is 0. The van der Waals surface area contributed by atoms with E-state index in [1.807, 2.05) is 25.1 Å². The van der Waals surface area contributed by atoms with Crippen LogP contribution < -0.4 is 4.74 Å². The van der Waals surface area contributed by atoms with E-state index in [1.54, 1.807) is 17.7 Å². The van der Waals surface area contributed by atoms with Crippen LogP contribution in [0.2, 0.25) is 0 Å². The summed E-state index contributed by atoms with van der Waals surface area (Å²) in [5.41, 5.74) is 8.14. The molecule has 0 saturated heterocycles. The Morgan fingerprint density at radius 3 is 2.59 bits per heavy atom. The van der Waals surface area contributed by atoms with Crippen LogP contribution in [0.5, 0.6) is 5.75 Å². The van der Waals surface area contributed by atoms with E-state index in [-0.39, 0.29) is 0 Å². The van der Waals surface area contributed by atoms with Crippen molar-refractivity contribution in [2.24, 2.45) is 0 Å². The molecule has 0 fully saturated rings. The normalized spacial score (nSPS) is 11.9. The molecule has 0 aliphatic carbocycles. The van der Waals surface area contributed by atoms with Crippen molar-refractivity contribution in [3.63, 3.8) is 0 Å². The number of carbonyl (C=O) groups is 1. The molecule has 5 nitrogen and oxygen atoms in total. The van der Waals surface area contributed by atoms with E-state index in [4.69, 9.17) is 9.47 Å². The minimum atomic E-state index is -0.400. The van der Waals surface area contributed by atoms with Crippen molar-refractivity contribution >= 4 is 5.97 Å². The largest absolute Gasteiger partial charge is 0.488 e. The van der Waals surface area contributed by atoms with Gasteiger partial charge >= 0.3 is 5.97 Å². The molecule has 2 heterocycles. The van der Waals surface area contributed by atoms with Gasteiger partial charge < -0.3 is 9.47 Å². The Kier molecular flexibility index (Phi) is 5.23. The number of rotatable bonds is 5. The first kappa shape index (κ1) is 20.1. The number of esters is 1. The van der Waals surface area contributed by atoms with Gasteiger partial charge in [0, 0.05) is 11.3 Å². The Hall–Kier alpha value is -3.86. The lowest BCUT2D eigenvalue weighted by atomic mass is 9.94. The second-order valence-corrected chi connectivity index (χ2v) is 7.92. The van der Waals surface area contributed by atoms with Crippen molar-refractivity contribution in [2.75, 3.05) is 6.61 Å². The number of nitrogens with zero attached hydrogens (tertiary/aromatic N) is 2. The van der Waals surface area contributed by atoms with Gasteiger partial charge in [0.05, 0.1) is 12.3 Å². The third-order valence-electron chi connectivity index (χ3n) is 5.70. The molecule has 1 aliphatic rings. The first-order chi connectivity index (χ1) is 15.6. The maximum Gasteiger partial charge on any atom is 0.358 e. The van der Waals surface area contributed by atoms with Crippen LogP contribution in [-0.4, -0.2) is 22.4 Å². The molecule has 3 aromatic carbocycles. The summed E-state index contributed by atoms with van der Waals surface area (Å²) in [5, 5.41) is 4.40. The van der Waals surface area contributed by atoms with Crippen LogP contribution in [0.3, 0.4) is 0 Å². The molecule has 0 atom stereocenters. The fourth-order valence-corrected chi connectivity index (χ4v) is 4.11. The molecule has 0 N–H and O–H groups in total. The predicted octanol–water partition coefficient (Wildman–Crippen LogP) is 5.51. The Morgan fingerprint density at radius 2 is 1.78 bits per heavy atom. The third kappa shape index (κ3) is 3.78. The number of fused-ring (bicyclic) bond motifs is 3. The molecule has 32 heavy (non-hydrogen) atoms. The highest BCUT2D eigenvalue weighted by atomic mass is 16.5. The summed E-state index contributed by atoms with van der Waals surface area (Å²) in [5.74, 6) is 0.541. The number of aryl methyl sites for hydroxylation is 1. The zero-order valence-corrected chi connectivity index (χ0v) is 18.2. The predicted molar refractivity (Wildman–Crippen MR) is 123 cm³/mol. The van der Waals surface area contributed by atoms with Gasteiger partial charge in [-0.15, -0.1) is 0 Å². The Morgan fingerprint density at radius 1 is 1.00 bits per heavy atom. The van der Waals surface area contributed by atoms with Crippen molar-refractivity contribution in [3.05, 3.63) is 101 Å². The number of ether oxygens (including phenoxy) is 2. The van der Waals surface area contributed by atoms with E-state index in [0.717, 1.165) is 29.1 Å². The highest BCUT2D eigenvalue weighted by Crippen LogP contribution is 2.38. The smallest absolute Gasteiger partial charge is 0.358 e. The number of benzene rings is 3. The monoisotopic (exact) mass is 424 g/mol. The third-order valence-corrected chi connectivity index (χ3v) is 5.70. The molecular formula is C27H24N2O3. The molecule has 1 aromatic heterocycles. The maximum atomic E-state index is 12.0. The standard InChI is InChI=1S/C27H24N2O3/c1-3-31-27(30)25-14-18(2)29(28-25)22-11-8-19(9-12-22)15-20-10-13-24-23-7-5-4-6-21(23)17-32-26(24)16-20/h4-14,16H,3,15,17H2,1-2H3. The van der Waals surface area contributed by atoms with Crippen LogP contribution in [0.4, 0.5) is 0 Å². The van der Waals surface area contributed by atoms with Crippen LogP contribution in [0.25, 0.3) is 16.8 Å². The van der Waals surface area contributed by atoms with Crippen LogP contribution in [-0.2, 0) is 17.8 Å². The molecule has 4 aromatic rings. The molecule has 160 valence electrons. The Bertz CT molecular complexity index is 1290. The molecule has 5 heteroatoms. The van der Waals surface area contributed by atoms with Gasteiger partial charge in [0.15, 0.2) is 5.69 Å². The van der Waals surface area contributed by atoms with Crippen LogP contribution in [0.15, 0.2) is 72.8 Å². The molecule has 0 amide bonds. The SMILES string of the molecule is CCOC(=O)c1cc(C)n(-c2ccc(Cc3ccc4c(c3)OCc3ccccc3-4)cc2)n1. The number of hydrogen-bond donors (Lipinski definition) is 0. The van der Waals surface area contributed by atoms with Gasteiger partial charge in [-0.05, 0) is 66.8 Å². The lowest BCUT2D eigenvalue weighted by molar-refractivity contribution is 0.0519. The van der Waals surface area contributed by atoms with E-state index in [1.165, 1.54) is 22.3 Å². The molecular weight excluding hydrogens is 400 g/mol. The van der Waals surface area contributed by atoms with Crippen molar-refractivity contribution in [2.45, 2.75) is 26.9 Å². The summed E-state index contributed by atoms with van der Waals surface area (Å²) in [7, 11) is 0. The van der Waals surface area contributed by atoms with Crippen molar-refractivity contribution in [1.82, 2.24) is 9.78 Å². The van der Waals surface area contributed by atoms with Gasteiger partial charge in [-0.3, -0.25) is 0 Å². The molecule has 0 spiro atoms. The highest BCUT2D eigenvalue weighted by molar-refractivity contribution is 5.87. The Balaban J connectivity index is 1.35. The van der Waals surface area contributed by atoms with Gasteiger partial charge in [0.25, 0.3) is 0 Å². The lowest BCUT2D eigenvalue weighted by Gasteiger charge is -2.21. The quantitative estimate of drug-likeness (QED) is 0.397. The zero-order chi connectivity index (χ0) is 22.1. The van der Waals surface area contributed by atoms with E-state index in [9.17, 15) is 4.79 Å². The highest BCUT2D eigenvalue weighted by Gasteiger charge is 2.17. The van der Waals surface area contributed by atoms with Gasteiger partial charge in [-0.2, -0.15) is 5.10 Å². The van der Waals surface area contributed by atoms with E-state index >= 15 is 0 Å². The number of aromatic nitrogens is 2. The van der Waals surface area contributed by atoms with Crippen LogP contribution >= 0.6 is 0 Å². The fraction of sp³-hybridized carbons (Fsp3) is 0.185. The molecule has 0 radical (unpaired) electrons. The molecule has 5 rings (SSSR count). The minimum Gasteiger partial charge on any atom is -0.488 e. The summed E-state index contributed by atoms with van der Waals surface area (Å²) in [6.07, 6.45) is 0.810. The van der Waals surface area contributed by atoms with E-state index in [0.29, 0.717) is 18.9 Å². The van der Waals surface area contributed by atoms with Crippen LogP contribution in [0, 0.1) is 6.92 Å². The second-order valence-electron chi connectivity index (χ2n) is 7.92. The minimum absolute atomic E-state index is 0.323. The van der Waals surface area contributed by atoms with Crippen LogP contribution in [0.1, 0.15) is 39.8 Å². The summed E-state index contributed by atoms with van der Waals surface area (Å²) in [6.45, 7) is 4.65. The van der Waals surface area contributed by atoms with Gasteiger partial charge in [-0.1, -0.05) is 48.5 Å². The zero-order valence-electron chi connectivity index (χ0n) is 18.2. The van der Waals surface area contributed by atoms with E-state index < -0.39 is 5.97 Å². The van der Waals surface area contributed by atoms with Crippen molar-refractivity contribution < 1.29 is 14.3 Å². The summed E-state index contributed by atoms with van der Waals surface area (Å²) < 4.78 is 12.8. The van der Waals surface area contributed by atoms with Crippen molar-refractivity contribution in [3.8, 4) is 22.6 Å². The number of carbonyl (C=O) groups excluding carboxylic acids is 1. The number of hydrogen-bond acceptors (Lipinski definition) is 4. The van der Waals surface area contributed by atoms with Gasteiger partial charge in [0.2, 0.25) is 0 Å². The van der Waals surface area contributed by atoms with Gasteiger partial charge in [0.1, 0.15) is 12.4 Å². The summed E-state index contributed by atoms with van der Waals surface area (Å²) in [4.78, 5) is 12.0. The first-order valence-corrected chi connectivity index (χ1v) is 10.8. The van der Waals surface area contributed by atoms with Gasteiger partial charge in [-0.25, -0.2) is 9.48 Å². The van der Waals surface area contributed by atoms with Crippen molar-refractivity contribution in [1.29, 1.82) is 0 Å². The average Bonchev–Trinajstić information content (AvgIpc) is 3.21. The molecule has 0 saturated carbocycles. The molecule has 1 aliphatic heterocycles. The molecule has 0 bridgehead atoms. The molecule has 0 unspecified atom stereocenters. The summed E-state index contributed by atoms with van der Waals surface area (Å²) in [6, 6.07) is 24.8. The Labute approximate surface area is 187 Å². The lowest BCUT2D eigenvalue weighted by Crippen LogP contribution is -2.07. The maximum absolute atomic E-state index is 12.0.